The van der Waals surface area contributed by atoms with Crippen molar-refractivity contribution in [3.8, 4) is 5.75 Å². The Kier molecular flexibility index (Phi) is 4.26. The number of carbonyl (C=O) groups excluding carboxylic acids is 1. The van der Waals surface area contributed by atoms with Crippen molar-refractivity contribution in [2.45, 2.75) is 38.1 Å². The predicted octanol–water partition coefficient (Wildman–Crippen LogP) is 3.19. The summed E-state index contributed by atoms with van der Waals surface area (Å²) in [6, 6.07) is 5.76. The quantitative estimate of drug-likeness (QED) is 0.885. The molecule has 8 heteroatoms. The second kappa shape index (κ2) is 6.01. The number of benzene rings is 1. The molecular weight excluding hydrogens is 337 g/mol. The van der Waals surface area contributed by atoms with Crippen LogP contribution in [0.15, 0.2) is 29.4 Å². The first-order valence-electron chi connectivity index (χ1n) is 8.03. The maximum atomic E-state index is 13.8. The van der Waals surface area contributed by atoms with Gasteiger partial charge in [0.2, 0.25) is 0 Å². The van der Waals surface area contributed by atoms with Gasteiger partial charge in [0, 0.05) is 11.3 Å². The maximum absolute atomic E-state index is 13.8. The zero-order valence-electron chi connectivity index (χ0n) is 13.9. The number of fused-ring (bicyclic) bond motifs is 1. The summed E-state index contributed by atoms with van der Waals surface area (Å²) in [4.78, 5) is 12.7. The van der Waals surface area contributed by atoms with Gasteiger partial charge < -0.3 is 9.84 Å². The second-order valence-electron chi connectivity index (χ2n) is 6.60. The highest BCUT2D eigenvalue weighted by Crippen LogP contribution is 2.49. The molecule has 136 valence electrons. The van der Waals surface area contributed by atoms with E-state index < -0.39 is 23.7 Å². The van der Waals surface area contributed by atoms with E-state index in [1.54, 1.807) is 6.07 Å². The zero-order chi connectivity index (χ0) is 18.4. The van der Waals surface area contributed by atoms with Gasteiger partial charge in [0.05, 0.1) is 13.0 Å². The van der Waals surface area contributed by atoms with E-state index in [1.165, 1.54) is 25.3 Å². The van der Waals surface area contributed by atoms with Crippen molar-refractivity contribution in [1.82, 2.24) is 5.01 Å². The van der Waals surface area contributed by atoms with Gasteiger partial charge in [-0.05, 0) is 43.4 Å². The predicted molar refractivity (Wildman–Crippen MR) is 84.1 cm³/mol. The molecule has 0 radical (unpaired) electrons. The van der Waals surface area contributed by atoms with Crippen LogP contribution in [0.5, 0.6) is 5.75 Å². The third kappa shape index (κ3) is 2.78. The van der Waals surface area contributed by atoms with E-state index in [9.17, 15) is 23.1 Å². The molecule has 1 aromatic rings. The van der Waals surface area contributed by atoms with Crippen LogP contribution in [-0.4, -0.2) is 40.7 Å². The number of carbonyl (C=O) groups is 1. The van der Waals surface area contributed by atoms with Crippen molar-refractivity contribution in [3.05, 3.63) is 29.8 Å². The molecule has 3 rings (SSSR count). The lowest BCUT2D eigenvalue weighted by molar-refractivity contribution is -0.313. The molecule has 1 amide bonds. The summed E-state index contributed by atoms with van der Waals surface area (Å²) in [5.41, 5.74) is -3.12. The summed E-state index contributed by atoms with van der Waals surface area (Å²) < 4.78 is 46.3. The van der Waals surface area contributed by atoms with Crippen molar-refractivity contribution in [2.24, 2.45) is 16.9 Å². The first-order chi connectivity index (χ1) is 11.7. The topological polar surface area (TPSA) is 62.1 Å². The van der Waals surface area contributed by atoms with Crippen LogP contribution in [0.2, 0.25) is 0 Å². The number of methoxy groups -OCH3 is 1. The summed E-state index contributed by atoms with van der Waals surface area (Å²) in [5, 5.41) is 14.7. The number of rotatable bonds is 2. The first-order valence-corrected chi connectivity index (χ1v) is 8.03. The van der Waals surface area contributed by atoms with Gasteiger partial charge >= 0.3 is 6.18 Å². The first kappa shape index (κ1) is 17.7. The molecule has 0 bridgehead atoms. The Morgan fingerprint density at radius 3 is 2.80 bits per heavy atom. The van der Waals surface area contributed by atoms with Gasteiger partial charge in [-0.2, -0.15) is 23.3 Å². The molecule has 0 saturated heterocycles. The van der Waals surface area contributed by atoms with Crippen LogP contribution < -0.4 is 4.74 Å². The minimum absolute atomic E-state index is 0.0182. The largest absolute Gasteiger partial charge is 0.497 e. The highest BCUT2D eigenvalue weighted by Gasteiger charge is 2.68. The second-order valence-corrected chi connectivity index (χ2v) is 6.60. The number of ether oxygens (including phenoxy) is 1. The Morgan fingerprint density at radius 1 is 1.44 bits per heavy atom. The van der Waals surface area contributed by atoms with Crippen LogP contribution >= 0.6 is 0 Å². The minimum atomic E-state index is -5.02. The zero-order valence-corrected chi connectivity index (χ0v) is 13.9. The van der Waals surface area contributed by atoms with Crippen LogP contribution in [0.25, 0.3) is 0 Å². The molecule has 1 heterocycles. The molecule has 1 aliphatic carbocycles. The van der Waals surface area contributed by atoms with Gasteiger partial charge in [0.1, 0.15) is 5.75 Å². The van der Waals surface area contributed by atoms with Gasteiger partial charge in [-0.1, -0.05) is 13.0 Å². The molecule has 0 spiro atoms. The molecule has 2 aliphatic rings. The van der Waals surface area contributed by atoms with Crippen LogP contribution in [0.4, 0.5) is 13.2 Å². The van der Waals surface area contributed by atoms with Gasteiger partial charge in [0.25, 0.3) is 11.6 Å². The number of halogens is 3. The van der Waals surface area contributed by atoms with Gasteiger partial charge in [-0.15, -0.1) is 0 Å². The molecule has 1 saturated carbocycles. The normalized spacial score (nSPS) is 29.2. The highest BCUT2D eigenvalue weighted by atomic mass is 19.4. The van der Waals surface area contributed by atoms with Crippen molar-refractivity contribution in [1.29, 1.82) is 0 Å². The number of alkyl halides is 3. The molecule has 25 heavy (non-hydrogen) atoms. The van der Waals surface area contributed by atoms with Crippen molar-refractivity contribution in [3.63, 3.8) is 0 Å². The van der Waals surface area contributed by atoms with Crippen LogP contribution in [0, 0.1) is 11.8 Å². The Labute approximate surface area is 143 Å². The lowest BCUT2D eigenvalue weighted by Gasteiger charge is -2.39. The summed E-state index contributed by atoms with van der Waals surface area (Å²) in [7, 11) is 1.39. The van der Waals surface area contributed by atoms with E-state index in [4.69, 9.17) is 4.74 Å². The number of hydrogen-bond acceptors (Lipinski definition) is 4. The van der Waals surface area contributed by atoms with Crippen molar-refractivity contribution in [2.75, 3.05) is 7.11 Å². The Hall–Kier alpha value is -2.09. The van der Waals surface area contributed by atoms with E-state index in [2.05, 4.69) is 5.10 Å². The fourth-order valence-electron chi connectivity index (χ4n) is 3.49. The maximum Gasteiger partial charge on any atom is 0.439 e. The van der Waals surface area contributed by atoms with E-state index in [-0.39, 0.29) is 28.6 Å². The van der Waals surface area contributed by atoms with E-state index in [0.717, 1.165) is 0 Å². The van der Waals surface area contributed by atoms with Gasteiger partial charge in [0.15, 0.2) is 0 Å². The number of hydrogen-bond donors (Lipinski definition) is 1. The summed E-state index contributed by atoms with van der Waals surface area (Å²) in [6.07, 6.45) is -3.86. The Bertz CT molecular complexity index is 719. The van der Waals surface area contributed by atoms with E-state index in [0.29, 0.717) is 18.6 Å². The average Bonchev–Trinajstić information content (AvgIpc) is 2.88. The Balaban J connectivity index is 2.03. The lowest BCUT2D eigenvalue weighted by atomic mass is 9.76. The standard InChI is InChI=1S/C17H19F3N2O3/c1-10-6-7-14-13(8-10)16(24,17(18,19)20)22(21-14)15(23)11-4-3-5-12(9-11)25-2/h3-5,9-10,13,24H,6-8H2,1-2H3. The fourth-order valence-corrected chi connectivity index (χ4v) is 3.49. The molecule has 3 atom stereocenters. The van der Waals surface area contributed by atoms with E-state index in [1.807, 2.05) is 6.92 Å². The summed E-state index contributed by atoms with van der Waals surface area (Å²) in [5.74, 6) is -1.89. The molecule has 0 aromatic heterocycles. The van der Waals surface area contributed by atoms with Gasteiger partial charge in [-0.25, -0.2) is 0 Å². The van der Waals surface area contributed by atoms with Crippen molar-refractivity contribution < 1.29 is 27.8 Å². The SMILES string of the molecule is COc1cccc(C(=O)N2N=C3CCC(C)CC3C2(O)C(F)(F)F)c1. The van der Waals surface area contributed by atoms with Crippen molar-refractivity contribution >= 4 is 11.6 Å². The number of aliphatic hydroxyl groups is 1. The minimum Gasteiger partial charge on any atom is -0.497 e. The highest BCUT2D eigenvalue weighted by molar-refractivity contribution is 5.99. The molecule has 1 N–H and O–H groups in total. The molecule has 1 aliphatic heterocycles. The molecule has 3 unspecified atom stereocenters. The molecular formula is C17H19F3N2O3. The molecule has 1 aromatic carbocycles. The molecule has 1 fully saturated rings. The number of nitrogens with zero attached hydrogens (tertiary/aromatic N) is 2. The van der Waals surface area contributed by atoms with Gasteiger partial charge in [-0.3, -0.25) is 4.79 Å². The third-order valence-electron chi connectivity index (χ3n) is 4.90. The summed E-state index contributed by atoms with van der Waals surface area (Å²) in [6.45, 7) is 1.83. The van der Waals surface area contributed by atoms with Crippen LogP contribution in [-0.2, 0) is 0 Å². The number of amides is 1. The Morgan fingerprint density at radius 2 is 2.16 bits per heavy atom. The monoisotopic (exact) mass is 356 g/mol. The lowest BCUT2D eigenvalue weighted by Crippen LogP contribution is -2.61. The smallest absolute Gasteiger partial charge is 0.439 e. The fraction of sp³-hybridized carbons (Fsp3) is 0.529. The van der Waals surface area contributed by atoms with Crippen LogP contribution in [0.3, 0.4) is 0 Å². The molecule has 5 nitrogen and oxygen atoms in total. The third-order valence-corrected chi connectivity index (χ3v) is 4.90. The van der Waals surface area contributed by atoms with E-state index >= 15 is 0 Å². The summed E-state index contributed by atoms with van der Waals surface area (Å²) >= 11 is 0. The number of hydrazone groups is 1. The van der Waals surface area contributed by atoms with Crippen LogP contribution in [0.1, 0.15) is 36.5 Å². The average molecular weight is 356 g/mol.